The monoisotopic (exact) mass is 702 g/mol. The van der Waals surface area contributed by atoms with Gasteiger partial charge in [-0.15, -0.1) is 0 Å². The van der Waals surface area contributed by atoms with Crippen LogP contribution in [0.25, 0.3) is 5.69 Å². The van der Waals surface area contributed by atoms with E-state index in [0.29, 0.717) is 54.0 Å². The molecule has 266 valence electrons. The lowest BCUT2D eigenvalue weighted by atomic mass is 9.82. The fourth-order valence-electron chi connectivity index (χ4n) is 6.21. The Bertz CT molecular complexity index is 1940. The van der Waals surface area contributed by atoms with E-state index in [0.717, 1.165) is 11.8 Å². The minimum atomic E-state index is -4.80. The van der Waals surface area contributed by atoms with E-state index in [9.17, 15) is 27.6 Å². The van der Waals surface area contributed by atoms with E-state index in [1.165, 1.54) is 4.90 Å². The predicted molar refractivity (Wildman–Crippen MR) is 181 cm³/mol. The molecule has 0 spiro atoms. The third kappa shape index (κ3) is 7.39. The minimum absolute atomic E-state index is 0.174. The third-order valence-corrected chi connectivity index (χ3v) is 9.05. The first-order valence-electron chi connectivity index (χ1n) is 16.5. The van der Waals surface area contributed by atoms with Gasteiger partial charge in [-0.1, -0.05) is 48.5 Å². The Morgan fingerprint density at radius 1 is 1.10 bits per heavy atom. The number of aromatic nitrogens is 4. The smallest absolute Gasteiger partial charge is 0.378 e. The standard InChI is InChI=1S/C36H37F3N8O4/c1-4-23(19-45(3)26-20-51-21-26)32(48)41-17-22-10-9-11-24(16-22)29-27-18-42-47(25-12-7-6-8-13-25)34(27)46(5-2)35(50)30(29)44-33(49)31-40-15-14-28(43-31)36(37,38)39/h4,6-16,18,26,29-30H,5,17,19-21H2,1-3H3,(H,41,48)(H,44,49)/b23-4+/t29-,30+/m1/s1. The van der Waals surface area contributed by atoms with Gasteiger partial charge in [0.05, 0.1) is 31.1 Å². The summed E-state index contributed by atoms with van der Waals surface area (Å²) >= 11 is 0. The highest BCUT2D eigenvalue weighted by Gasteiger charge is 2.45. The second kappa shape index (κ2) is 14.8. The van der Waals surface area contributed by atoms with Gasteiger partial charge in [0.15, 0.2) is 0 Å². The molecule has 12 nitrogen and oxygen atoms in total. The van der Waals surface area contributed by atoms with Crippen molar-refractivity contribution in [3.8, 4) is 5.69 Å². The molecule has 0 aliphatic carbocycles. The number of nitrogens with one attached hydrogen (secondary N) is 2. The Labute approximate surface area is 292 Å². The van der Waals surface area contributed by atoms with Crippen LogP contribution in [0.5, 0.6) is 0 Å². The number of hydrogen-bond donors (Lipinski definition) is 2. The van der Waals surface area contributed by atoms with E-state index in [2.05, 4.69) is 30.6 Å². The first-order valence-corrected chi connectivity index (χ1v) is 16.5. The van der Waals surface area contributed by atoms with E-state index in [4.69, 9.17) is 4.74 Å². The van der Waals surface area contributed by atoms with E-state index in [-0.39, 0.29) is 25.0 Å². The van der Waals surface area contributed by atoms with Crippen molar-refractivity contribution in [3.05, 3.63) is 113 Å². The van der Waals surface area contributed by atoms with Gasteiger partial charge in [-0.05, 0) is 50.2 Å². The van der Waals surface area contributed by atoms with Crippen LogP contribution in [0.3, 0.4) is 0 Å². The third-order valence-electron chi connectivity index (χ3n) is 9.05. The summed E-state index contributed by atoms with van der Waals surface area (Å²) in [5.74, 6) is -2.80. The molecule has 4 aromatic rings. The van der Waals surface area contributed by atoms with Gasteiger partial charge in [0.1, 0.15) is 17.6 Å². The number of rotatable bonds is 11. The number of allylic oxidation sites excluding steroid dienone is 1. The summed E-state index contributed by atoms with van der Waals surface area (Å²) < 4.78 is 47.2. The summed E-state index contributed by atoms with van der Waals surface area (Å²) in [4.78, 5) is 51.7. The van der Waals surface area contributed by atoms with Crippen LogP contribution in [-0.2, 0) is 27.0 Å². The van der Waals surface area contributed by atoms with Crippen LogP contribution in [0.15, 0.2) is 84.7 Å². The Morgan fingerprint density at radius 2 is 1.86 bits per heavy atom. The SMILES string of the molecule is C/C=C(\CN(C)C1COC1)C(=O)NCc1cccc([C@@H]2c3cnn(-c4ccccc4)c3N(CC)C(=O)[C@H]2NC(=O)c2nccc(C(F)(F)F)n2)c1. The molecular weight excluding hydrogens is 665 g/mol. The average molecular weight is 703 g/mol. The maximum atomic E-state index is 14.3. The van der Waals surface area contributed by atoms with Gasteiger partial charge >= 0.3 is 6.18 Å². The molecule has 2 atom stereocenters. The number of amides is 3. The quantitative estimate of drug-likeness (QED) is 0.225. The van der Waals surface area contributed by atoms with Gasteiger partial charge in [0.2, 0.25) is 11.7 Å². The van der Waals surface area contributed by atoms with Crippen molar-refractivity contribution in [1.82, 2.24) is 35.3 Å². The summed E-state index contributed by atoms with van der Waals surface area (Å²) in [7, 11) is 1.95. The number of carbonyl (C=O) groups excluding carboxylic acids is 3. The van der Waals surface area contributed by atoms with Crippen LogP contribution in [0.2, 0.25) is 0 Å². The number of halogens is 3. The Hall–Kier alpha value is -5.41. The van der Waals surface area contributed by atoms with Crippen LogP contribution in [0.4, 0.5) is 19.0 Å². The van der Waals surface area contributed by atoms with Gasteiger partial charge in [0, 0.05) is 42.9 Å². The van der Waals surface area contributed by atoms with Crippen molar-refractivity contribution in [2.45, 2.75) is 44.6 Å². The minimum Gasteiger partial charge on any atom is -0.378 e. The lowest BCUT2D eigenvalue weighted by molar-refractivity contribution is -0.141. The van der Waals surface area contributed by atoms with Crippen molar-refractivity contribution in [2.75, 3.05) is 38.3 Å². The molecule has 6 rings (SSSR count). The molecular formula is C36H37F3N8O4. The van der Waals surface area contributed by atoms with E-state index < -0.39 is 41.5 Å². The number of carbonyl (C=O) groups is 3. The molecule has 0 radical (unpaired) electrons. The molecule has 3 amide bonds. The van der Waals surface area contributed by atoms with Crippen molar-refractivity contribution < 1.29 is 32.3 Å². The number of para-hydroxylation sites is 1. The molecule has 2 aromatic heterocycles. The Kier molecular flexibility index (Phi) is 10.3. The number of nitrogens with zero attached hydrogens (tertiary/aromatic N) is 6. The molecule has 0 unspecified atom stereocenters. The summed E-state index contributed by atoms with van der Waals surface area (Å²) in [6.07, 6.45) is -0.547. The van der Waals surface area contributed by atoms with Crippen LogP contribution in [0.1, 0.15) is 52.8 Å². The zero-order valence-electron chi connectivity index (χ0n) is 28.2. The van der Waals surface area contributed by atoms with Crippen molar-refractivity contribution in [3.63, 3.8) is 0 Å². The fraction of sp³-hybridized carbons (Fsp3) is 0.333. The summed E-state index contributed by atoms with van der Waals surface area (Å²) in [6, 6.07) is 16.1. The zero-order valence-corrected chi connectivity index (χ0v) is 28.2. The van der Waals surface area contributed by atoms with E-state index >= 15 is 0 Å². The summed E-state index contributed by atoms with van der Waals surface area (Å²) in [5, 5.41) is 10.3. The lowest BCUT2D eigenvalue weighted by Crippen LogP contribution is -2.55. The molecule has 51 heavy (non-hydrogen) atoms. The summed E-state index contributed by atoms with van der Waals surface area (Å²) in [6.45, 7) is 5.69. The maximum Gasteiger partial charge on any atom is 0.433 e. The topological polar surface area (TPSA) is 135 Å². The van der Waals surface area contributed by atoms with Crippen LogP contribution < -0.4 is 15.5 Å². The number of ether oxygens (including phenoxy) is 1. The van der Waals surface area contributed by atoms with Gasteiger partial charge in [-0.25, -0.2) is 14.6 Å². The van der Waals surface area contributed by atoms with E-state index in [1.807, 2.05) is 56.4 Å². The van der Waals surface area contributed by atoms with Crippen molar-refractivity contribution in [1.29, 1.82) is 0 Å². The first-order chi connectivity index (χ1) is 24.5. The predicted octanol–water partition coefficient (Wildman–Crippen LogP) is 3.87. The number of hydrogen-bond acceptors (Lipinski definition) is 8. The number of fused-ring (bicyclic) bond motifs is 1. The largest absolute Gasteiger partial charge is 0.433 e. The van der Waals surface area contributed by atoms with Crippen LogP contribution in [0, 0.1) is 0 Å². The molecule has 4 heterocycles. The average Bonchev–Trinajstić information content (AvgIpc) is 3.53. The van der Waals surface area contributed by atoms with Crippen LogP contribution in [-0.4, -0.2) is 87.8 Å². The molecule has 0 bridgehead atoms. The molecule has 2 aromatic carbocycles. The van der Waals surface area contributed by atoms with Gasteiger partial charge in [-0.2, -0.15) is 18.3 Å². The number of alkyl halides is 3. The van der Waals surface area contributed by atoms with Crippen molar-refractivity contribution in [2.24, 2.45) is 0 Å². The normalized spacial score (nSPS) is 18.0. The zero-order chi connectivity index (χ0) is 36.3. The second-order valence-corrected chi connectivity index (χ2v) is 12.3. The van der Waals surface area contributed by atoms with Crippen molar-refractivity contribution >= 4 is 23.5 Å². The number of benzene rings is 2. The first kappa shape index (κ1) is 35.4. The molecule has 2 aliphatic rings. The highest BCUT2D eigenvalue weighted by molar-refractivity contribution is 6.04. The Balaban J connectivity index is 1.33. The highest BCUT2D eigenvalue weighted by Crippen LogP contribution is 2.41. The van der Waals surface area contributed by atoms with Gasteiger partial charge < -0.3 is 15.4 Å². The van der Waals surface area contributed by atoms with E-state index in [1.54, 1.807) is 36.0 Å². The molecule has 0 saturated carbocycles. The number of anilines is 1. The van der Waals surface area contributed by atoms with Gasteiger partial charge in [0.25, 0.3) is 11.8 Å². The van der Waals surface area contributed by atoms with Gasteiger partial charge in [-0.3, -0.25) is 24.2 Å². The Morgan fingerprint density at radius 3 is 2.53 bits per heavy atom. The molecule has 1 fully saturated rings. The molecule has 1 saturated heterocycles. The maximum absolute atomic E-state index is 14.3. The molecule has 2 N–H and O–H groups in total. The second-order valence-electron chi connectivity index (χ2n) is 12.3. The molecule has 2 aliphatic heterocycles. The highest BCUT2D eigenvalue weighted by atomic mass is 19.4. The summed E-state index contributed by atoms with van der Waals surface area (Å²) in [5.41, 5.74) is 1.98. The molecule has 15 heteroatoms. The van der Waals surface area contributed by atoms with Crippen LogP contribution >= 0.6 is 0 Å². The number of likely N-dealkylation sites (N-methyl/N-ethyl adjacent to an activating group) is 2. The lowest BCUT2D eigenvalue weighted by Gasteiger charge is -2.38. The fourth-order valence-corrected chi connectivity index (χ4v) is 6.21.